The maximum absolute atomic E-state index is 12.2. The number of aryl methyl sites for hydroxylation is 2. The first kappa shape index (κ1) is 35.7. The zero-order chi connectivity index (χ0) is 29.3. The minimum absolute atomic E-state index is 0.0122. The predicted octanol–water partition coefficient (Wildman–Crippen LogP) is 7.76. The predicted molar refractivity (Wildman–Crippen MR) is 162 cm³/mol. The number of aromatic nitrogens is 1. The van der Waals surface area contributed by atoms with Crippen LogP contribution in [0.25, 0.3) is 0 Å². The van der Waals surface area contributed by atoms with Crippen molar-refractivity contribution in [2.75, 3.05) is 31.7 Å². The normalized spacial score (nSPS) is 11.7. The number of alkyl carbamates (subject to hydrolysis) is 1. The molecule has 0 fully saturated rings. The Kier molecular flexibility index (Phi) is 21.8. The highest BCUT2D eigenvalue weighted by molar-refractivity contribution is 5.83. The molecule has 0 saturated heterocycles. The lowest BCUT2D eigenvalue weighted by Crippen LogP contribution is -2.36. The molecule has 1 rings (SSSR count). The van der Waals surface area contributed by atoms with E-state index in [0.717, 1.165) is 18.4 Å². The summed E-state index contributed by atoms with van der Waals surface area (Å²) in [7, 11) is 1.85. The fourth-order valence-electron chi connectivity index (χ4n) is 4.70. The summed E-state index contributed by atoms with van der Waals surface area (Å²) in [6.45, 7) is 7.05. The number of ether oxygens (including phenoxy) is 3. The molecule has 0 aromatic carbocycles. The van der Waals surface area contributed by atoms with Gasteiger partial charge in [-0.2, -0.15) is 10.1 Å². The highest BCUT2D eigenvalue weighted by Gasteiger charge is 2.20. The van der Waals surface area contributed by atoms with Gasteiger partial charge in [-0.05, 0) is 32.4 Å². The summed E-state index contributed by atoms with van der Waals surface area (Å²) in [6.07, 6.45) is 21.4. The van der Waals surface area contributed by atoms with Crippen LogP contribution in [-0.2, 0) is 21.3 Å². The second-order valence-corrected chi connectivity index (χ2v) is 10.8. The molecule has 0 aliphatic carbocycles. The summed E-state index contributed by atoms with van der Waals surface area (Å²) in [5.41, 5.74) is 0.924. The van der Waals surface area contributed by atoms with Crippen molar-refractivity contribution in [1.29, 1.82) is 0 Å². The molecule has 2 N–H and O–H groups in total. The molecule has 1 aromatic heterocycles. The van der Waals surface area contributed by atoms with Gasteiger partial charge in [0, 0.05) is 18.7 Å². The Hall–Kier alpha value is -2.35. The van der Waals surface area contributed by atoms with Crippen LogP contribution in [0.5, 0.6) is 0 Å². The summed E-state index contributed by atoms with van der Waals surface area (Å²) in [6, 6.07) is 3.81. The van der Waals surface area contributed by atoms with E-state index in [-0.39, 0.29) is 13.2 Å². The molecule has 8 heteroatoms. The second-order valence-electron chi connectivity index (χ2n) is 10.8. The quantitative estimate of drug-likeness (QED) is 0.0989. The molecule has 0 bridgehead atoms. The number of carbonyl (C=O) groups is 2. The minimum atomic E-state index is -0.581. The third-order valence-electron chi connectivity index (χ3n) is 7.11. The highest BCUT2D eigenvalue weighted by Crippen LogP contribution is 2.14. The van der Waals surface area contributed by atoms with Crippen molar-refractivity contribution in [2.45, 2.75) is 130 Å². The molecule has 1 atom stereocenters. The molecule has 0 saturated carbocycles. The molecule has 0 aliphatic rings. The van der Waals surface area contributed by atoms with Crippen molar-refractivity contribution < 1.29 is 28.4 Å². The molecule has 8 nitrogen and oxygen atoms in total. The van der Waals surface area contributed by atoms with Crippen LogP contribution in [0.1, 0.15) is 122 Å². The molecular formula is C32H58N3O5+. The minimum Gasteiger partial charge on any atom is -0.447 e. The fraction of sp³-hybridized carbons (Fsp3) is 0.781. The number of nitrogens with zero attached hydrogens (tertiary/aromatic N) is 1. The van der Waals surface area contributed by atoms with Gasteiger partial charge >= 0.3 is 12.2 Å². The van der Waals surface area contributed by atoms with Crippen LogP contribution in [0.4, 0.5) is 15.4 Å². The summed E-state index contributed by atoms with van der Waals surface area (Å²) >= 11 is 0. The van der Waals surface area contributed by atoms with E-state index in [4.69, 9.17) is 14.2 Å². The van der Waals surface area contributed by atoms with Gasteiger partial charge in [-0.15, -0.1) is 0 Å². The Morgan fingerprint density at radius 2 is 1.27 bits per heavy atom. The summed E-state index contributed by atoms with van der Waals surface area (Å²) in [5, 5.41) is 5.54. The van der Waals surface area contributed by atoms with Gasteiger partial charge in [-0.25, -0.2) is 9.36 Å². The lowest BCUT2D eigenvalue weighted by Gasteiger charge is -2.17. The van der Waals surface area contributed by atoms with Gasteiger partial charge in [-0.3, -0.25) is 0 Å². The summed E-state index contributed by atoms with van der Waals surface area (Å²) in [4.78, 5) is 24.3. The van der Waals surface area contributed by atoms with E-state index in [1.807, 2.05) is 43.8 Å². The van der Waals surface area contributed by atoms with Crippen LogP contribution in [0.15, 0.2) is 18.3 Å². The average Bonchev–Trinajstić information content (AvgIpc) is 2.94. The highest BCUT2D eigenvalue weighted by atomic mass is 16.6. The van der Waals surface area contributed by atoms with Gasteiger partial charge in [0.15, 0.2) is 0 Å². The van der Waals surface area contributed by atoms with Crippen molar-refractivity contribution in [3.8, 4) is 0 Å². The maximum Gasteiger partial charge on any atom is 0.504 e. The zero-order valence-electron chi connectivity index (χ0n) is 25.9. The van der Waals surface area contributed by atoms with Gasteiger partial charge in [0.1, 0.15) is 19.3 Å². The molecule has 2 amide bonds. The number of rotatable bonds is 24. The number of amides is 2. The SMILES string of the molecule is CCCCCCCCCCCCCCCCCCNC(=O)OCC(COC(=O)Nc1c(C)ccc[n+]1C)OCC. The van der Waals surface area contributed by atoms with E-state index in [2.05, 4.69) is 17.6 Å². The van der Waals surface area contributed by atoms with Gasteiger partial charge in [0.2, 0.25) is 0 Å². The van der Waals surface area contributed by atoms with Crippen LogP contribution in [0, 0.1) is 6.92 Å². The monoisotopic (exact) mass is 564 g/mol. The number of carbonyl (C=O) groups excluding carboxylic acids is 2. The molecule has 0 spiro atoms. The lowest BCUT2D eigenvalue weighted by molar-refractivity contribution is -0.657. The summed E-state index contributed by atoms with van der Waals surface area (Å²) < 4.78 is 18.0. The van der Waals surface area contributed by atoms with Gasteiger partial charge < -0.3 is 19.5 Å². The van der Waals surface area contributed by atoms with Crippen LogP contribution in [-0.4, -0.2) is 44.7 Å². The van der Waals surface area contributed by atoms with Crippen molar-refractivity contribution >= 4 is 18.0 Å². The van der Waals surface area contributed by atoms with Gasteiger partial charge in [0.05, 0.1) is 13.2 Å². The first-order valence-electron chi connectivity index (χ1n) is 15.9. The Balaban J connectivity index is 2.00. The van der Waals surface area contributed by atoms with Crippen LogP contribution in [0.2, 0.25) is 0 Å². The Morgan fingerprint density at radius 1 is 0.775 bits per heavy atom. The number of anilines is 1. The van der Waals surface area contributed by atoms with Crippen molar-refractivity contribution in [3.05, 3.63) is 23.9 Å². The maximum atomic E-state index is 12.2. The van der Waals surface area contributed by atoms with E-state index in [0.29, 0.717) is 19.0 Å². The van der Waals surface area contributed by atoms with Crippen LogP contribution in [0.3, 0.4) is 0 Å². The smallest absolute Gasteiger partial charge is 0.447 e. The average molecular weight is 565 g/mol. The number of hydrogen-bond donors (Lipinski definition) is 2. The third kappa shape index (κ3) is 18.9. The fourth-order valence-corrected chi connectivity index (χ4v) is 4.70. The van der Waals surface area contributed by atoms with E-state index in [1.54, 1.807) is 0 Å². The second kappa shape index (κ2) is 24.4. The summed E-state index contributed by atoms with van der Waals surface area (Å²) in [5.74, 6) is 0.658. The molecule has 0 radical (unpaired) electrons. The van der Waals surface area contributed by atoms with E-state index >= 15 is 0 Å². The van der Waals surface area contributed by atoms with Gasteiger partial charge in [-0.1, -0.05) is 103 Å². The zero-order valence-corrected chi connectivity index (χ0v) is 25.9. The number of nitrogens with one attached hydrogen (secondary N) is 2. The van der Waals surface area contributed by atoms with Crippen molar-refractivity contribution in [1.82, 2.24) is 5.32 Å². The van der Waals surface area contributed by atoms with E-state index in [1.165, 1.54) is 89.9 Å². The molecule has 0 aliphatic heterocycles. The molecular weight excluding hydrogens is 506 g/mol. The molecule has 1 heterocycles. The Labute approximate surface area is 243 Å². The van der Waals surface area contributed by atoms with Gasteiger partial charge in [0.25, 0.3) is 5.82 Å². The van der Waals surface area contributed by atoms with Crippen LogP contribution < -0.4 is 15.2 Å². The molecule has 1 aromatic rings. The first-order valence-corrected chi connectivity index (χ1v) is 15.9. The van der Waals surface area contributed by atoms with E-state index < -0.39 is 18.3 Å². The Morgan fingerprint density at radius 3 is 1.77 bits per heavy atom. The van der Waals surface area contributed by atoms with E-state index in [9.17, 15) is 9.59 Å². The number of hydrogen-bond acceptors (Lipinski definition) is 5. The topological polar surface area (TPSA) is 89.8 Å². The largest absolute Gasteiger partial charge is 0.504 e. The lowest BCUT2D eigenvalue weighted by atomic mass is 10.0. The molecule has 1 unspecified atom stereocenters. The van der Waals surface area contributed by atoms with Crippen molar-refractivity contribution in [2.24, 2.45) is 7.05 Å². The molecule has 230 valence electrons. The first-order chi connectivity index (χ1) is 19.5. The number of unbranched alkanes of at least 4 members (excludes halogenated alkanes) is 15. The molecule has 40 heavy (non-hydrogen) atoms. The van der Waals surface area contributed by atoms with Crippen molar-refractivity contribution in [3.63, 3.8) is 0 Å². The Bertz CT molecular complexity index is 770. The third-order valence-corrected chi connectivity index (χ3v) is 7.11. The number of pyridine rings is 1. The van der Waals surface area contributed by atoms with Crippen LogP contribution >= 0.6 is 0 Å². The standard InChI is InChI=1S/C32H57N3O5/c1-5-7-8-9-10-11-12-13-14-15-16-17-18-19-20-21-24-33-31(36)39-26-29(38-6-2)27-40-32(37)34-30-28(3)23-22-25-35(30)4/h22-23,25,29H,5-21,24,26-27H2,1-4H3,(H,33,36)/p+1.